The number of carbonyl (C=O) groups is 2. The van der Waals surface area contributed by atoms with Crippen molar-refractivity contribution in [3.63, 3.8) is 0 Å². The Hall–Kier alpha value is -4.13. The summed E-state index contributed by atoms with van der Waals surface area (Å²) in [5.74, 6) is 1.01. The molecule has 0 unspecified atom stereocenters. The van der Waals surface area contributed by atoms with Crippen molar-refractivity contribution in [3.8, 4) is 17.2 Å². The molecule has 7 nitrogen and oxygen atoms in total. The molecule has 1 saturated carbocycles. The van der Waals surface area contributed by atoms with Crippen LogP contribution in [0.1, 0.15) is 28.8 Å². The number of carbonyl (C=O) groups excluding carboxylic acids is 2. The average molecular weight is 456 g/mol. The van der Waals surface area contributed by atoms with Crippen molar-refractivity contribution in [1.82, 2.24) is 15.6 Å². The molecule has 7 heteroatoms. The van der Waals surface area contributed by atoms with E-state index in [2.05, 4.69) is 15.6 Å². The Morgan fingerprint density at radius 3 is 2.62 bits per heavy atom. The third-order valence-corrected chi connectivity index (χ3v) is 5.67. The summed E-state index contributed by atoms with van der Waals surface area (Å²) >= 11 is 0. The molecule has 0 atom stereocenters. The number of pyridine rings is 1. The molecular formula is C27H25N3O4. The van der Waals surface area contributed by atoms with Crippen molar-refractivity contribution < 1.29 is 18.7 Å². The number of hydrogen-bond donors (Lipinski definition) is 2. The van der Waals surface area contributed by atoms with E-state index in [0.29, 0.717) is 41.8 Å². The minimum absolute atomic E-state index is 0.0196. The summed E-state index contributed by atoms with van der Waals surface area (Å²) in [6.07, 6.45) is 4.37. The number of rotatable bonds is 9. The van der Waals surface area contributed by atoms with Crippen molar-refractivity contribution in [3.05, 3.63) is 84.1 Å². The number of fused-ring (bicyclic) bond motifs is 1. The first-order valence-corrected chi connectivity index (χ1v) is 11.4. The predicted molar refractivity (Wildman–Crippen MR) is 129 cm³/mol. The Labute approximate surface area is 197 Å². The molecule has 5 rings (SSSR count). The number of hydrogen-bond acceptors (Lipinski definition) is 5. The fourth-order valence-electron chi connectivity index (χ4n) is 3.73. The van der Waals surface area contributed by atoms with Gasteiger partial charge in [-0.15, -0.1) is 0 Å². The molecule has 1 fully saturated rings. The van der Waals surface area contributed by atoms with Crippen molar-refractivity contribution in [2.45, 2.75) is 25.3 Å². The molecule has 172 valence electrons. The van der Waals surface area contributed by atoms with Gasteiger partial charge in [-0.1, -0.05) is 30.3 Å². The molecule has 34 heavy (non-hydrogen) atoms. The second-order valence-electron chi connectivity index (χ2n) is 8.33. The maximum Gasteiger partial charge on any atom is 0.258 e. The van der Waals surface area contributed by atoms with Crippen molar-refractivity contribution in [2.75, 3.05) is 13.2 Å². The fraction of sp³-hybridized carbons (Fsp3) is 0.222. The molecule has 1 aliphatic carbocycles. The maximum absolute atomic E-state index is 13.0. The van der Waals surface area contributed by atoms with Gasteiger partial charge in [-0.3, -0.25) is 9.59 Å². The summed E-state index contributed by atoms with van der Waals surface area (Å²) in [5, 5.41) is 6.70. The lowest BCUT2D eigenvalue weighted by atomic mass is 10.1. The van der Waals surface area contributed by atoms with Crippen LogP contribution in [0, 0.1) is 0 Å². The van der Waals surface area contributed by atoms with Gasteiger partial charge in [0.05, 0.1) is 17.3 Å². The number of benzene rings is 2. The Morgan fingerprint density at radius 2 is 1.85 bits per heavy atom. The predicted octanol–water partition coefficient (Wildman–Crippen LogP) is 4.12. The van der Waals surface area contributed by atoms with Gasteiger partial charge < -0.3 is 19.8 Å². The largest absolute Gasteiger partial charge is 0.484 e. The molecule has 0 aliphatic heterocycles. The van der Waals surface area contributed by atoms with E-state index < -0.39 is 0 Å². The number of amides is 2. The summed E-state index contributed by atoms with van der Waals surface area (Å²) < 4.78 is 11.0. The molecule has 2 aromatic heterocycles. The quantitative estimate of drug-likeness (QED) is 0.396. The smallest absolute Gasteiger partial charge is 0.258 e. The van der Waals surface area contributed by atoms with Gasteiger partial charge >= 0.3 is 0 Å². The Bertz CT molecular complexity index is 1300. The van der Waals surface area contributed by atoms with E-state index in [1.807, 2.05) is 54.6 Å². The van der Waals surface area contributed by atoms with Crippen LogP contribution in [0.5, 0.6) is 5.75 Å². The maximum atomic E-state index is 13.0. The zero-order chi connectivity index (χ0) is 23.3. The summed E-state index contributed by atoms with van der Waals surface area (Å²) in [7, 11) is 0. The van der Waals surface area contributed by atoms with Gasteiger partial charge in [0, 0.05) is 18.0 Å². The zero-order valence-electron chi connectivity index (χ0n) is 18.6. The highest BCUT2D eigenvalue weighted by Crippen LogP contribution is 2.25. The summed E-state index contributed by atoms with van der Waals surface area (Å²) in [6, 6.07) is 20.9. The van der Waals surface area contributed by atoms with E-state index in [9.17, 15) is 9.59 Å². The Morgan fingerprint density at radius 1 is 1.03 bits per heavy atom. The highest BCUT2D eigenvalue weighted by molar-refractivity contribution is 6.07. The lowest BCUT2D eigenvalue weighted by Gasteiger charge is -2.10. The van der Waals surface area contributed by atoms with Crippen molar-refractivity contribution in [1.29, 1.82) is 0 Å². The molecule has 2 heterocycles. The number of ether oxygens (including phenoxy) is 1. The third-order valence-electron chi connectivity index (χ3n) is 5.67. The molecule has 0 bridgehead atoms. The first-order chi connectivity index (χ1) is 16.7. The number of furan rings is 1. The molecule has 0 radical (unpaired) electrons. The van der Waals surface area contributed by atoms with Crippen LogP contribution in [0.2, 0.25) is 0 Å². The lowest BCUT2D eigenvalue weighted by molar-refractivity contribution is -0.123. The minimum Gasteiger partial charge on any atom is -0.484 e. The van der Waals surface area contributed by atoms with Crippen LogP contribution >= 0.6 is 0 Å². The molecule has 0 saturated heterocycles. The first-order valence-electron chi connectivity index (χ1n) is 11.4. The van der Waals surface area contributed by atoms with Gasteiger partial charge in [-0.05, 0) is 61.2 Å². The van der Waals surface area contributed by atoms with E-state index in [4.69, 9.17) is 9.15 Å². The van der Waals surface area contributed by atoms with Crippen LogP contribution in [-0.4, -0.2) is 36.0 Å². The van der Waals surface area contributed by atoms with E-state index in [1.54, 1.807) is 18.4 Å². The lowest BCUT2D eigenvalue weighted by Crippen LogP contribution is -2.30. The Balaban J connectivity index is 1.19. The van der Waals surface area contributed by atoms with Crippen LogP contribution in [0.3, 0.4) is 0 Å². The summed E-state index contributed by atoms with van der Waals surface area (Å²) in [6.45, 7) is 0.501. The van der Waals surface area contributed by atoms with Crippen LogP contribution in [-0.2, 0) is 11.2 Å². The molecule has 2 amide bonds. The van der Waals surface area contributed by atoms with E-state index in [0.717, 1.165) is 29.3 Å². The number of nitrogens with one attached hydrogen (secondary N) is 2. The zero-order valence-corrected chi connectivity index (χ0v) is 18.6. The molecule has 2 N–H and O–H groups in total. The normalized spacial score (nSPS) is 12.9. The highest BCUT2D eigenvalue weighted by atomic mass is 16.5. The van der Waals surface area contributed by atoms with Crippen LogP contribution in [0.25, 0.3) is 22.4 Å². The van der Waals surface area contributed by atoms with Gasteiger partial charge in [0.15, 0.2) is 12.4 Å². The summed E-state index contributed by atoms with van der Waals surface area (Å²) in [5.41, 5.74) is 2.98. The standard InChI is InChI=1S/C27H25N3O4/c31-26(29-19-9-10-19)17-34-20-11-7-18(8-12-20)13-14-28-27(32)22-16-24(25-6-3-15-33-25)30-23-5-2-1-4-21(22)23/h1-8,11-12,15-16,19H,9-10,13-14,17H2,(H,28,32)(H,29,31). The topological polar surface area (TPSA) is 93.5 Å². The number of aromatic nitrogens is 1. The third kappa shape index (κ3) is 5.26. The summed E-state index contributed by atoms with van der Waals surface area (Å²) in [4.78, 5) is 29.4. The van der Waals surface area contributed by atoms with Crippen LogP contribution in [0.15, 0.2) is 77.4 Å². The van der Waals surface area contributed by atoms with Gasteiger partial charge in [-0.2, -0.15) is 0 Å². The average Bonchev–Trinajstić information content (AvgIpc) is 3.50. The van der Waals surface area contributed by atoms with Gasteiger partial charge in [-0.25, -0.2) is 4.98 Å². The number of para-hydroxylation sites is 1. The molecule has 0 spiro atoms. The van der Waals surface area contributed by atoms with Crippen LogP contribution < -0.4 is 15.4 Å². The molecule has 1 aliphatic rings. The molecule has 2 aromatic carbocycles. The van der Waals surface area contributed by atoms with E-state index in [1.165, 1.54) is 0 Å². The van der Waals surface area contributed by atoms with Gasteiger partial charge in [0.25, 0.3) is 11.8 Å². The van der Waals surface area contributed by atoms with Crippen molar-refractivity contribution >= 4 is 22.7 Å². The van der Waals surface area contributed by atoms with E-state index in [-0.39, 0.29) is 18.4 Å². The monoisotopic (exact) mass is 455 g/mol. The van der Waals surface area contributed by atoms with Crippen molar-refractivity contribution in [2.24, 2.45) is 0 Å². The van der Waals surface area contributed by atoms with Gasteiger partial charge in [0.1, 0.15) is 11.4 Å². The molecule has 4 aromatic rings. The highest BCUT2D eigenvalue weighted by Gasteiger charge is 2.23. The first kappa shape index (κ1) is 21.7. The number of nitrogens with zero attached hydrogens (tertiary/aromatic N) is 1. The second kappa shape index (κ2) is 9.79. The van der Waals surface area contributed by atoms with Gasteiger partial charge in [0.2, 0.25) is 0 Å². The fourth-order valence-corrected chi connectivity index (χ4v) is 3.73. The second-order valence-corrected chi connectivity index (χ2v) is 8.33. The SMILES string of the molecule is O=C(COc1ccc(CCNC(=O)c2cc(-c3ccco3)nc3ccccc23)cc1)NC1CC1. The van der Waals surface area contributed by atoms with Crippen LogP contribution in [0.4, 0.5) is 0 Å². The molecular weight excluding hydrogens is 430 g/mol. The van der Waals surface area contributed by atoms with E-state index >= 15 is 0 Å². The minimum atomic E-state index is -0.159. The Kier molecular flexibility index (Phi) is 6.25.